The van der Waals surface area contributed by atoms with E-state index in [2.05, 4.69) is 50.0 Å². The van der Waals surface area contributed by atoms with Gasteiger partial charge in [-0.05, 0) is 32.3 Å². The molecule has 0 saturated heterocycles. The molecule has 6 nitrogen and oxygen atoms in total. The Labute approximate surface area is 141 Å². The minimum atomic E-state index is 0.639. The Kier molecular flexibility index (Phi) is 5.05. The van der Waals surface area contributed by atoms with E-state index in [1.807, 2.05) is 32.0 Å². The van der Waals surface area contributed by atoms with Crippen LogP contribution >= 0.6 is 0 Å². The molecule has 0 aliphatic heterocycles. The maximum Gasteiger partial charge on any atom is 0.175 e. The van der Waals surface area contributed by atoms with Crippen LogP contribution < -0.4 is 10.6 Å². The molecule has 0 unspecified atom stereocenters. The lowest BCUT2D eigenvalue weighted by Crippen LogP contribution is -2.07. The summed E-state index contributed by atoms with van der Waals surface area (Å²) < 4.78 is 5.05. The highest BCUT2D eigenvalue weighted by Crippen LogP contribution is 2.17. The zero-order valence-corrected chi connectivity index (χ0v) is 13.9. The number of benzene rings is 1. The molecular weight excluding hydrogens is 302 g/mol. The standard InChI is InChI=1S/C18H21N5O/c1-13-11-18(23-24-13)22-17-12-16(20-14(2)21-17)19-10-6-9-15-7-4-3-5-8-15/h3-5,7-8,11-12H,6,9-10H2,1-2H3,(H2,19,20,21,22,23). The molecule has 2 N–H and O–H groups in total. The van der Waals surface area contributed by atoms with Gasteiger partial charge in [-0.15, -0.1) is 0 Å². The maximum absolute atomic E-state index is 5.05. The highest BCUT2D eigenvalue weighted by atomic mass is 16.5. The van der Waals surface area contributed by atoms with E-state index in [-0.39, 0.29) is 0 Å². The van der Waals surface area contributed by atoms with Crippen LogP contribution in [-0.2, 0) is 6.42 Å². The summed E-state index contributed by atoms with van der Waals surface area (Å²) in [6.45, 7) is 4.57. The molecule has 124 valence electrons. The van der Waals surface area contributed by atoms with Crippen molar-refractivity contribution in [1.82, 2.24) is 15.1 Å². The van der Waals surface area contributed by atoms with Gasteiger partial charge in [-0.2, -0.15) is 0 Å². The lowest BCUT2D eigenvalue weighted by molar-refractivity contribution is 0.400. The van der Waals surface area contributed by atoms with Crippen LogP contribution in [-0.4, -0.2) is 21.7 Å². The molecule has 0 radical (unpaired) electrons. The third-order valence-electron chi connectivity index (χ3n) is 3.51. The van der Waals surface area contributed by atoms with Crippen molar-refractivity contribution in [3.8, 4) is 0 Å². The van der Waals surface area contributed by atoms with Crippen LogP contribution in [0, 0.1) is 13.8 Å². The second kappa shape index (κ2) is 7.59. The minimum absolute atomic E-state index is 0.639. The fourth-order valence-electron chi connectivity index (χ4n) is 2.43. The molecule has 0 aliphatic rings. The Bertz CT molecular complexity index is 785. The molecule has 0 aliphatic carbocycles. The summed E-state index contributed by atoms with van der Waals surface area (Å²) in [6, 6.07) is 14.2. The number of anilines is 3. The number of nitrogens with zero attached hydrogens (tertiary/aromatic N) is 3. The van der Waals surface area contributed by atoms with Crippen molar-refractivity contribution >= 4 is 17.5 Å². The van der Waals surface area contributed by atoms with Gasteiger partial charge in [0.15, 0.2) is 5.82 Å². The van der Waals surface area contributed by atoms with Crippen LogP contribution in [0.1, 0.15) is 23.6 Å². The molecule has 0 bridgehead atoms. The molecule has 0 saturated carbocycles. The van der Waals surface area contributed by atoms with Crippen LogP contribution in [0.2, 0.25) is 0 Å². The highest BCUT2D eigenvalue weighted by molar-refractivity contribution is 5.55. The van der Waals surface area contributed by atoms with E-state index in [1.54, 1.807) is 0 Å². The molecule has 6 heteroatoms. The maximum atomic E-state index is 5.05. The van der Waals surface area contributed by atoms with Gasteiger partial charge in [0.05, 0.1) is 0 Å². The third-order valence-corrected chi connectivity index (χ3v) is 3.51. The molecule has 2 heterocycles. The molecule has 24 heavy (non-hydrogen) atoms. The Balaban J connectivity index is 1.55. The Hall–Kier alpha value is -2.89. The summed E-state index contributed by atoms with van der Waals surface area (Å²) >= 11 is 0. The first-order chi connectivity index (χ1) is 11.7. The summed E-state index contributed by atoms with van der Waals surface area (Å²) in [6.07, 6.45) is 2.08. The van der Waals surface area contributed by atoms with Crippen LogP contribution in [0.25, 0.3) is 0 Å². The number of aromatic nitrogens is 3. The van der Waals surface area contributed by atoms with Crippen LogP contribution in [0.3, 0.4) is 0 Å². The van der Waals surface area contributed by atoms with E-state index in [9.17, 15) is 0 Å². The largest absolute Gasteiger partial charge is 0.370 e. The van der Waals surface area contributed by atoms with Crippen LogP contribution in [0.4, 0.5) is 17.5 Å². The van der Waals surface area contributed by atoms with Gasteiger partial charge in [-0.3, -0.25) is 0 Å². The van der Waals surface area contributed by atoms with E-state index in [0.29, 0.717) is 17.5 Å². The van der Waals surface area contributed by atoms with E-state index >= 15 is 0 Å². The first-order valence-electron chi connectivity index (χ1n) is 8.03. The molecule has 0 spiro atoms. The minimum Gasteiger partial charge on any atom is -0.370 e. The summed E-state index contributed by atoms with van der Waals surface area (Å²) in [5, 5.41) is 10.4. The van der Waals surface area contributed by atoms with Crippen LogP contribution in [0.5, 0.6) is 0 Å². The number of aryl methyl sites for hydroxylation is 3. The van der Waals surface area contributed by atoms with Crippen molar-refractivity contribution in [3.63, 3.8) is 0 Å². The molecule has 0 amide bonds. The predicted octanol–water partition coefficient (Wildman–Crippen LogP) is 3.87. The van der Waals surface area contributed by atoms with Gasteiger partial charge in [0, 0.05) is 18.7 Å². The summed E-state index contributed by atoms with van der Waals surface area (Å²) in [7, 11) is 0. The number of hydrogen-bond acceptors (Lipinski definition) is 6. The quantitative estimate of drug-likeness (QED) is 0.643. The molecular formula is C18H21N5O. The lowest BCUT2D eigenvalue weighted by atomic mass is 10.1. The van der Waals surface area contributed by atoms with Crippen molar-refractivity contribution in [2.24, 2.45) is 0 Å². The SMILES string of the molecule is Cc1nc(NCCCc2ccccc2)cc(Nc2cc(C)on2)n1. The average Bonchev–Trinajstić information content (AvgIpc) is 2.97. The molecule has 0 fully saturated rings. The smallest absolute Gasteiger partial charge is 0.175 e. The van der Waals surface area contributed by atoms with Gasteiger partial charge >= 0.3 is 0 Å². The van der Waals surface area contributed by atoms with Gasteiger partial charge in [-0.25, -0.2) is 9.97 Å². The van der Waals surface area contributed by atoms with E-state index < -0.39 is 0 Å². The Morgan fingerprint density at radius 2 is 1.75 bits per heavy atom. The average molecular weight is 323 g/mol. The first kappa shape index (κ1) is 16.0. The number of nitrogens with one attached hydrogen (secondary N) is 2. The van der Waals surface area contributed by atoms with Gasteiger partial charge in [0.2, 0.25) is 0 Å². The fourth-order valence-corrected chi connectivity index (χ4v) is 2.43. The molecule has 0 atom stereocenters. The van der Waals surface area contributed by atoms with Gasteiger partial charge in [-0.1, -0.05) is 35.5 Å². The fraction of sp³-hybridized carbons (Fsp3) is 0.278. The van der Waals surface area contributed by atoms with E-state index in [4.69, 9.17) is 4.52 Å². The van der Waals surface area contributed by atoms with E-state index in [0.717, 1.165) is 31.0 Å². The second-order valence-electron chi connectivity index (χ2n) is 5.65. The Morgan fingerprint density at radius 1 is 0.958 bits per heavy atom. The van der Waals surface area contributed by atoms with Gasteiger partial charge in [0.1, 0.15) is 23.2 Å². The van der Waals surface area contributed by atoms with Crippen molar-refractivity contribution < 1.29 is 4.52 Å². The lowest BCUT2D eigenvalue weighted by Gasteiger charge is -2.09. The summed E-state index contributed by atoms with van der Waals surface area (Å²) in [5.41, 5.74) is 1.35. The summed E-state index contributed by atoms with van der Waals surface area (Å²) in [4.78, 5) is 8.79. The van der Waals surface area contributed by atoms with Crippen molar-refractivity contribution in [2.45, 2.75) is 26.7 Å². The van der Waals surface area contributed by atoms with Crippen molar-refractivity contribution in [1.29, 1.82) is 0 Å². The highest BCUT2D eigenvalue weighted by Gasteiger charge is 2.05. The Morgan fingerprint density at radius 3 is 2.50 bits per heavy atom. The number of hydrogen-bond donors (Lipinski definition) is 2. The topological polar surface area (TPSA) is 75.9 Å². The van der Waals surface area contributed by atoms with Gasteiger partial charge < -0.3 is 15.2 Å². The summed E-state index contributed by atoms with van der Waals surface area (Å²) in [5.74, 6) is 3.59. The molecule has 3 aromatic rings. The zero-order chi connectivity index (χ0) is 16.8. The number of rotatable bonds is 7. The monoisotopic (exact) mass is 323 g/mol. The van der Waals surface area contributed by atoms with Crippen molar-refractivity contribution in [2.75, 3.05) is 17.2 Å². The molecule has 3 rings (SSSR count). The van der Waals surface area contributed by atoms with Crippen LogP contribution in [0.15, 0.2) is 47.0 Å². The second-order valence-corrected chi connectivity index (χ2v) is 5.65. The first-order valence-corrected chi connectivity index (χ1v) is 8.03. The molecule has 1 aromatic carbocycles. The molecule has 2 aromatic heterocycles. The predicted molar refractivity (Wildman–Crippen MR) is 94.5 cm³/mol. The normalized spacial score (nSPS) is 10.6. The zero-order valence-electron chi connectivity index (χ0n) is 13.9. The third kappa shape index (κ3) is 4.55. The van der Waals surface area contributed by atoms with Crippen molar-refractivity contribution in [3.05, 3.63) is 59.6 Å². The van der Waals surface area contributed by atoms with Gasteiger partial charge in [0.25, 0.3) is 0 Å². The van der Waals surface area contributed by atoms with E-state index in [1.165, 1.54) is 5.56 Å².